The van der Waals surface area contributed by atoms with Gasteiger partial charge in [0.2, 0.25) is 0 Å². The summed E-state index contributed by atoms with van der Waals surface area (Å²) in [4.78, 5) is 14.1. The molecular weight excluding hydrogens is 248 g/mol. The van der Waals surface area contributed by atoms with E-state index in [9.17, 15) is 4.79 Å². The van der Waals surface area contributed by atoms with Gasteiger partial charge >= 0.3 is 0 Å². The van der Waals surface area contributed by atoms with Crippen LogP contribution in [-0.2, 0) is 0 Å². The highest BCUT2D eigenvalue weighted by Gasteiger charge is 2.15. The molecule has 0 unspecified atom stereocenters. The van der Waals surface area contributed by atoms with Crippen molar-refractivity contribution in [3.05, 3.63) is 64.7 Å². The minimum atomic E-state index is -0.0820. The van der Waals surface area contributed by atoms with Crippen LogP contribution < -0.4 is 4.90 Å². The van der Waals surface area contributed by atoms with E-state index in [1.165, 1.54) is 5.56 Å². The number of amides is 1. The Kier molecular flexibility index (Phi) is 3.86. The Morgan fingerprint density at radius 2 is 1.75 bits per heavy atom. The van der Waals surface area contributed by atoms with Crippen molar-refractivity contribution in [3.8, 4) is 6.07 Å². The second kappa shape index (κ2) is 5.58. The maximum atomic E-state index is 12.4. The first-order valence-electron chi connectivity index (χ1n) is 6.38. The molecule has 0 heterocycles. The fourth-order valence-corrected chi connectivity index (χ4v) is 2.17. The minimum Gasteiger partial charge on any atom is -0.311 e. The molecule has 2 rings (SSSR count). The van der Waals surface area contributed by atoms with Crippen molar-refractivity contribution in [1.29, 1.82) is 5.26 Å². The van der Waals surface area contributed by atoms with Crippen molar-refractivity contribution >= 4 is 11.6 Å². The average Bonchev–Trinajstić information content (AvgIpc) is 2.46. The van der Waals surface area contributed by atoms with Gasteiger partial charge in [0.25, 0.3) is 5.91 Å². The summed E-state index contributed by atoms with van der Waals surface area (Å²) in [5.41, 5.74) is 4.26. The third kappa shape index (κ3) is 2.70. The quantitative estimate of drug-likeness (QED) is 0.833. The number of hydrogen-bond acceptors (Lipinski definition) is 2. The van der Waals surface area contributed by atoms with Gasteiger partial charge in [0.05, 0.1) is 11.6 Å². The van der Waals surface area contributed by atoms with Gasteiger partial charge in [0.15, 0.2) is 0 Å². The van der Waals surface area contributed by atoms with Crippen LogP contribution in [0.4, 0.5) is 5.69 Å². The van der Waals surface area contributed by atoms with Crippen molar-refractivity contribution in [2.24, 2.45) is 0 Å². The van der Waals surface area contributed by atoms with E-state index in [4.69, 9.17) is 5.26 Å². The van der Waals surface area contributed by atoms with Crippen molar-refractivity contribution in [1.82, 2.24) is 0 Å². The highest BCUT2D eigenvalue weighted by Crippen LogP contribution is 2.21. The van der Waals surface area contributed by atoms with Crippen molar-refractivity contribution in [3.63, 3.8) is 0 Å². The highest BCUT2D eigenvalue weighted by atomic mass is 16.2. The molecule has 0 saturated heterocycles. The van der Waals surface area contributed by atoms with Gasteiger partial charge in [-0.15, -0.1) is 0 Å². The summed E-state index contributed by atoms with van der Waals surface area (Å²) < 4.78 is 0. The number of nitriles is 1. The van der Waals surface area contributed by atoms with Crippen LogP contribution in [0.25, 0.3) is 0 Å². The number of carbonyl (C=O) groups is 1. The zero-order valence-corrected chi connectivity index (χ0v) is 11.8. The smallest absolute Gasteiger partial charge is 0.258 e. The highest BCUT2D eigenvalue weighted by molar-refractivity contribution is 6.06. The summed E-state index contributed by atoms with van der Waals surface area (Å²) in [5.74, 6) is -0.0820. The van der Waals surface area contributed by atoms with Crippen LogP contribution in [-0.4, -0.2) is 13.0 Å². The third-order valence-corrected chi connectivity index (χ3v) is 3.28. The van der Waals surface area contributed by atoms with E-state index in [1.807, 2.05) is 32.0 Å². The summed E-state index contributed by atoms with van der Waals surface area (Å²) in [6.45, 7) is 4.02. The predicted molar refractivity (Wildman–Crippen MR) is 79.8 cm³/mol. The van der Waals surface area contributed by atoms with Gasteiger partial charge < -0.3 is 4.90 Å². The topological polar surface area (TPSA) is 44.1 Å². The molecule has 100 valence electrons. The Hall–Kier alpha value is -2.60. The first-order valence-corrected chi connectivity index (χ1v) is 6.38. The van der Waals surface area contributed by atoms with Crippen LogP contribution in [0.5, 0.6) is 0 Å². The second-order valence-electron chi connectivity index (χ2n) is 4.84. The van der Waals surface area contributed by atoms with Crippen LogP contribution >= 0.6 is 0 Å². The van der Waals surface area contributed by atoms with E-state index >= 15 is 0 Å². The molecule has 3 nitrogen and oxygen atoms in total. The molecule has 0 spiro atoms. The molecule has 3 heteroatoms. The Labute approximate surface area is 119 Å². The van der Waals surface area contributed by atoms with Crippen LogP contribution in [0.15, 0.2) is 42.5 Å². The second-order valence-corrected chi connectivity index (χ2v) is 4.84. The molecule has 0 aliphatic heterocycles. The van der Waals surface area contributed by atoms with E-state index in [0.717, 1.165) is 11.3 Å². The number of hydrogen-bond donors (Lipinski definition) is 0. The Balaban J connectivity index is 2.30. The molecule has 0 fully saturated rings. The van der Waals surface area contributed by atoms with E-state index < -0.39 is 0 Å². The lowest BCUT2D eigenvalue weighted by molar-refractivity contribution is 0.0993. The van der Waals surface area contributed by atoms with Crippen molar-refractivity contribution in [2.75, 3.05) is 11.9 Å². The van der Waals surface area contributed by atoms with Crippen LogP contribution in [0.2, 0.25) is 0 Å². The zero-order chi connectivity index (χ0) is 14.7. The van der Waals surface area contributed by atoms with Crippen molar-refractivity contribution in [2.45, 2.75) is 13.8 Å². The fraction of sp³-hybridized carbons (Fsp3) is 0.176. The van der Waals surface area contributed by atoms with E-state index in [0.29, 0.717) is 11.1 Å². The predicted octanol–water partition coefficient (Wildman–Crippen LogP) is 3.45. The lowest BCUT2D eigenvalue weighted by Crippen LogP contribution is -2.26. The van der Waals surface area contributed by atoms with E-state index in [2.05, 4.69) is 6.07 Å². The van der Waals surface area contributed by atoms with Crippen molar-refractivity contribution < 1.29 is 4.79 Å². The van der Waals surface area contributed by atoms with Gasteiger partial charge in [-0.2, -0.15) is 5.26 Å². The Morgan fingerprint density at radius 3 is 2.30 bits per heavy atom. The normalized spacial score (nSPS) is 9.90. The number of anilines is 1. The summed E-state index contributed by atoms with van der Waals surface area (Å²) in [7, 11) is 1.76. The van der Waals surface area contributed by atoms with Gasteiger partial charge in [-0.05, 0) is 49.7 Å². The number of rotatable bonds is 2. The first-order chi connectivity index (χ1) is 9.52. The molecule has 0 aliphatic carbocycles. The molecule has 0 aromatic heterocycles. The molecule has 2 aromatic carbocycles. The molecule has 0 atom stereocenters. The first kappa shape index (κ1) is 13.8. The fourth-order valence-electron chi connectivity index (χ4n) is 2.17. The van der Waals surface area contributed by atoms with Gasteiger partial charge in [0.1, 0.15) is 0 Å². The van der Waals surface area contributed by atoms with E-state index in [1.54, 1.807) is 36.2 Å². The molecule has 0 bridgehead atoms. The maximum Gasteiger partial charge on any atom is 0.258 e. The van der Waals surface area contributed by atoms with E-state index in [-0.39, 0.29) is 5.91 Å². The van der Waals surface area contributed by atoms with Gasteiger partial charge in [-0.3, -0.25) is 4.79 Å². The molecule has 20 heavy (non-hydrogen) atoms. The standard InChI is InChI=1S/C17H16N2O/c1-12-4-9-16(13(2)10-12)19(3)17(20)15-7-5-14(11-18)6-8-15/h4-10H,1-3H3. The zero-order valence-electron chi connectivity index (χ0n) is 11.8. The molecule has 1 amide bonds. The number of carbonyl (C=O) groups excluding carboxylic acids is 1. The lowest BCUT2D eigenvalue weighted by Gasteiger charge is -2.20. The monoisotopic (exact) mass is 264 g/mol. The van der Waals surface area contributed by atoms with Gasteiger partial charge in [0, 0.05) is 18.3 Å². The van der Waals surface area contributed by atoms with Crippen LogP contribution in [0.3, 0.4) is 0 Å². The average molecular weight is 264 g/mol. The summed E-state index contributed by atoms with van der Waals surface area (Å²) in [5, 5.41) is 8.77. The van der Waals surface area contributed by atoms with Gasteiger partial charge in [-0.1, -0.05) is 17.7 Å². The largest absolute Gasteiger partial charge is 0.311 e. The number of aryl methyl sites for hydroxylation is 2. The number of nitrogens with zero attached hydrogens (tertiary/aromatic N) is 2. The Morgan fingerprint density at radius 1 is 1.10 bits per heavy atom. The van der Waals surface area contributed by atoms with Crippen LogP contribution in [0.1, 0.15) is 27.0 Å². The molecule has 0 aliphatic rings. The van der Waals surface area contributed by atoms with Gasteiger partial charge in [-0.25, -0.2) is 0 Å². The Bertz CT molecular complexity index is 681. The minimum absolute atomic E-state index is 0.0820. The molecule has 0 radical (unpaired) electrons. The molecule has 2 aromatic rings. The molecular formula is C17H16N2O. The number of benzene rings is 2. The third-order valence-electron chi connectivity index (χ3n) is 3.28. The summed E-state index contributed by atoms with van der Waals surface area (Å²) >= 11 is 0. The maximum absolute atomic E-state index is 12.4. The molecule has 0 saturated carbocycles. The summed E-state index contributed by atoms with van der Waals surface area (Å²) in [6.07, 6.45) is 0. The SMILES string of the molecule is Cc1ccc(N(C)C(=O)c2ccc(C#N)cc2)c(C)c1. The molecule has 0 N–H and O–H groups in total. The summed E-state index contributed by atoms with van der Waals surface area (Å²) in [6, 6.07) is 14.7. The lowest BCUT2D eigenvalue weighted by atomic mass is 10.1. The van der Waals surface area contributed by atoms with Crippen LogP contribution in [0, 0.1) is 25.2 Å².